The monoisotopic (exact) mass is 268 g/mol. The van der Waals surface area contributed by atoms with Crippen molar-refractivity contribution in [2.75, 3.05) is 13.2 Å². The van der Waals surface area contributed by atoms with Gasteiger partial charge >= 0.3 is 29.6 Å². The van der Waals surface area contributed by atoms with Crippen LogP contribution in [0.15, 0.2) is 0 Å². The van der Waals surface area contributed by atoms with Crippen LogP contribution in [0.1, 0.15) is 13.8 Å². The Labute approximate surface area is 79.1 Å². The van der Waals surface area contributed by atoms with Crippen molar-refractivity contribution in [2.24, 2.45) is 0 Å². The van der Waals surface area contributed by atoms with Gasteiger partial charge in [-0.1, -0.05) is 0 Å². The first-order chi connectivity index (χ1) is 4.41. The first kappa shape index (κ1) is 17.5. The van der Waals surface area contributed by atoms with Gasteiger partial charge in [0.25, 0.3) is 0 Å². The molecule has 0 bridgehead atoms. The molecule has 0 aromatic carbocycles. The second-order valence-electron chi connectivity index (χ2n) is 1.28. The van der Waals surface area contributed by atoms with Gasteiger partial charge in [-0.05, 0) is 13.8 Å². The van der Waals surface area contributed by atoms with E-state index in [-0.39, 0.29) is 22.4 Å². The molecule has 0 fully saturated rings. The van der Waals surface area contributed by atoms with Gasteiger partial charge in [0.05, 0.1) is 0 Å². The summed E-state index contributed by atoms with van der Waals surface area (Å²) in [5, 5.41) is 0. The molecular weight excluding hydrogens is 259 g/mol. The predicted octanol–water partition coefficient (Wildman–Crippen LogP) is 2.34. The summed E-state index contributed by atoms with van der Waals surface area (Å²) in [7, 11) is -6.00. The van der Waals surface area contributed by atoms with Gasteiger partial charge in [0.15, 0.2) is 0 Å². The standard InChI is InChI=1S/C4H10O.Ag.BF4/c1-3-5-4-2;;2-1(3,4)5/h3-4H2,1-2H3;;/q;+1;-1. The summed E-state index contributed by atoms with van der Waals surface area (Å²) >= 11 is 0. The molecule has 0 amide bonds. The van der Waals surface area contributed by atoms with Crippen LogP contribution in [0.25, 0.3) is 0 Å². The van der Waals surface area contributed by atoms with E-state index >= 15 is 0 Å². The van der Waals surface area contributed by atoms with E-state index in [4.69, 9.17) is 4.74 Å². The maximum atomic E-state index is 9.75. The zero-order chi connectivity index (χ0) is 8.62. The van der Waals surface area contributed by atoms with Gasteiger partial charge in [0.1, 0.15) is 0 Å². The summed E-state index contributed by atoms with van der Waals surface area (Å²) in [4.78, 5) is 0. The summed E-state index contributed by atoms with van der Waals surface area (Å²) in [5.41, 5.74) is 0. The van der Waals surface area contributed by atoms with Crippen molar-refractivity contribution in [3.05, 3.63) is 0 Å². The Balaban J connectivity index is -0.000000107. The molecule has 0 aromatic heterocycles. The maximum absolute atomic E-state index is 9.75. The molecule has 0 aliphatic rings. The van der Waals surface area contributed by atoms with Gasteiger partial charge in [-0.3, -0.25) is 0 Å². The van der Waals surface area contributed by atoms with E-state index in [0.29, 0.717) is 0 Å². The molecule has 0 aliphatic heterocycles. The van der Waals surface area contributed by atoms with Crippen LogP contribution in [-0.4, -0.2) is 20.5 Å². The molecule has 0 atom stereocenters. The SMILES string of the molecule is CCOCC.F[B-](F)(F)F.[Ag+]. The smallest absolute Gasteiger partial charge is 0.418 e. The van der Waals surface area contributed by atoms with Crippen molar-refractivity contribution in [1.82, 2.24) is 0 Å². The number of rotatable bonds is 2. The Hall–Kier alpha value is 0.485. The van der Waals surface area contributed by atoms with Gasteiger partial charge < -0.3 is 22.0 Å². The largest absolute Gasteiger partial charge is 1.00 e. The number of halogens is 4. The molecule has 0 spiro atoms. The second kappa shape index (κ2) is 10.5. The first-order valence-corrected chi connectivity index (χ1v) is 2.86. The topological polar surface area (TPSA) is 9.23 Å². The predicted molar refractivity (Wildman–Crippen MR) is 32.4 cm³/mol. The molecule has 0 saturated heterocycles. The molecule has 0 rings (SSSR count). The zero-order valence-electron chi connectivity index (χ0n) is 6.21. The molecule has 0 heterocycles. The van der Waals surface area contributed by atoms with Crippen molar-refractivity contribution in [3.63, 3.8) is 0 Å². The third-order valence-corrected chi connectivity index (χ3v) is 0.408. The summed E-state index contributed by atoms with van der Waals surface area (Å²) in [6.45, 7) is 5.67. The fourth-order valence-corrected chi connectivity index (χ4v) is 0.204. The molecular formula is C4H10AgBF4O. The van der Waals surface area contributed by atoms with Crippen molar-refractivity contribution < 1.29 is 44.4 Å². The molecule has 0 unspecified atom stereocenters. The molecule has 0 saturated carbocycles. The van der Waals surface area contributed by atoms with Gasteiger partial charge in [0, 0.05) is 13.2 Å². The minimum atomic E-state index is -6.00. The van der Waals surface area contributed by atoms with Gasteiger partial charge in [-0.25, -0.2) is 0 Å². The summed E-state index contributed by atoms with van der Waals surface area (Å²) < 4.78 is 43.8. The van der Waals surface area contributed by atoms with Crippen LogP contribution >= 0.6 is 0 Å². The molecule has 7 heteroatoms. The van der Waals surface area contributed by atoms with Crippen LogP contribution < -0.4 is 0 Å². The summed E-state index contributed by atoms with van der Waals surface area (Å²) in [5.74, 6) is 0. The van der Waals surface area contributed by atoms with E-state index in [1.807, 2.05) is 13.8 Å². The van der Waals surface area contributed by atoms with Crippen LogP contribution in [0, 0.1) is 0 Å². The second-order valence-corrected chi connectivity index (χ2v) is 1.28. The van der Waals surface area contributed by atoms with Crippen LogP contribution in [0.2, 0.25) is 0 Å². The first-order valence-electron chi connectivity index (χ1n) is 2.86. The van der Waals surface area contributed by atoms with Crippen LogP contribution in [-0.2, 0) is 27.1 Å². The zero-order valence-corrected chi connectivity index (χ0v) is 7.70. The minimum absolute atomic E-state index is 0. The van der Waals surface area contributed by atoms with Crippen LogP contribution in [0.5, 0.6) is 0 Å². The van der Waals surface area contributed by atoms with E-state index in [9.17, 15) is 17.3 Å². The van der Waals surface area contributed by atoms with E-state index in [0.717, 1.165) is 13.2 Å². The van der Waals surface area contributed by atoms with Crippen molar-refractivity contribution in [3.8, 4) is 0 Å². The normalized spacial score (nSPS) is 9.27. The molecule has 0 N–H and O–H groups in total. The Morgan fingerprint density at radius 2 is 1.18 bits per heavy atom. The molecule has 1 nitrogen and oxygen atoms in total. The molecule has 0 aliphatic carbocycles. The van der Waals surface area contributed by atoms with Gasteiger partial charge in [0.2, 0.25) is 0 Å². The molecule has 0 aromatic rings. The summed E-state index contributed by atoms with van der Waals surface area (Å²) in [6, 6.07) is 0. The third kappa shape index (κ3) is 122. The molecule has 0 radical (unpaired) electrons. The van der Waals surface area contributed by atoms with E-state index in [1.165, 1.54) is 0 Å². The van der Waals surface area contributed by atoms with Crippen molar-refractivity contribution in [2.45, 2.75) is 13.8 Å². The average Bonchev–Trinajstić information content (AvgIpc) is 1.63. The number of hydrogen-bond acceptors (Lipinski definition) is 1. The maximum Gasteiger partial charge on any atom is 1.00 e. The quantitative estimate of drug-likeness (QED) is 0.552. The Morgan fingerprint density at radius 3 is 1.18 bits per heavy atom. The van der Waals surface area contributed by atoms with Crippen LogP contribution in [0.3, 0.4) is 0 Å². The third-order valence-electron chi connectivity index (χ3n) is 0.408. The fraction of sp³-hybridized carbons (Fsp3) is 1.00. The number of ether oxygens (including phenoxy) is 1. The summed E-state index contributed by atoms with van der Waals surface area (Å²) in [6.07, 6.45) is 0. The van der Waals surface area contributed by atoms with Crippen molar-refractivity contribution in [1.29, 1.82) is 0 Å². The van der Waals surface area contributed by atoms with E-state index < -0.39 is 7.25 Å². The molecule has 74 valence electrons. The van der Waals surface area contributed by atoms with Gasteiger partial charge in [-0.15, -0.1) is 0 Å². The van der Waals surface area contributed by atoms with Crippen LogP contribution in [0.4, 0.5) is 17.3 Å². The van der Waals surface area contributed by atoms with Gasteiger partial charge in [-0.2, -0.15) is 0 Å². The fourth-order valence-electron chi connectivity index (χ4n) is 0.204. The van der Waals surface area contributed by atoms with Crippen molar-refractivity contribution >= 4 is 7.25 Å². The van der Waals surface area contributed by atoms with E-state index in [2.05, 4.69) is 0 Å². The average molecular weight is 269 g/mol. The molecule has 11 heavy (non-hydrogen) atoms. The Kier molecular flexibility index (Phi) is 16.7. The Morgan fingerprint density at radius 1 is 1.00 bits per heavy atom. The number of hydrogen-bond donors (Lipinski definition) is 0. The Bertz CT molecular complexity index is 61.6. The van der Waals surface area contributed by atoms with E-state index in [1.54, 1.807) is 0 Å². The minimum Gasteiger partial charge on any atom is -0.418 e.